The summed E-state index contributed by atoms with van der Waals surface area (Å²) < 4.78 is 0. The van der Waals surface area contributed by atoms with Crippen LogP contribution in [0.25, 0.3) is 0 Å². The van der Waals surface area contributed by atoms with Gasteiger partial charge in [0.25, 0.3) is 0 Å². The molecule has 0 bridgehead atoms. The zero-order valence-electron chi connectivity index (χ0n) is 7.74. The number of piperidine rings is 1. The Morgan fingerprint density at radius 2 is 2.23 bits per heavy atom. The van der Waals surface area contributed by atoms with Crippen LogP contribution in [0.5, 0.6) is 0 Å². The lowest BCUT2D eigenvalue weighted by Crippen LogP contribution is -2.28. The zero-order chi connectivity index (χ0) is 8.93. The van der Waals surface area contributed by atoms with E-state index in [0.717, 1.165) is 31.1 Å². The van der Waals surface area contributed by atoms with E-state index >= 15 is 0 Å². The van der Waals surface area contributed by atoms with Gasteiger partial charge in [0.15, 0.2) is 0 Å². The van der Waals surface area contributed by atoms with E-state index in [1.54, 1.807) is 6.20 Å². The topological polar surface area (TPSA) is 37.8 Å². The molecule has 13 heavy (non-hydrogen) atoms. The van der Waals surface area contributed by atoms with E-state index in [4.69, 9.17) is 0 Å². The van der Waals surface area contributed by atoms with Crippen molar-refractivity contribution in [2.45, 2.75) is 19.3 Å². The van der Waals surface area contributed by atoms with Gasteiger partial charge >= 0.3 is 0 Å². The molecule has 0 unspecified atom stereocenters. The molecule has 3 heteroatoms. The summed E-state index contributed by atoms with van der Waals surface area (Å²) in [7, 11) is 0. The summed E-state index contributed by atoms with van der Waals surface area (Å²) in [5.74, 6) is 0.804. The Labute approximate surface area is 78.6 Å². The number of hydrogen-bond donors (Lipinski definition) is 1. The van der Waals surface area contributed by atoms with Crippen LogP contribution >= 0.6 is 0 Å². The molecule has 1 N–H and O–H groups in total. The first kappa shape index (κ1) is 8.63. The maximum Gasteiger partial charge on any atom is 0.0633 e. The maximum atomic E-state index is 4.10. The molecule has 1 aromatic heterocycles. The van der Waals surface area contributed by atoms with Crippen molar-refractivity contribution in [1.29, 1.82) is 0 Å². The van der Waals surface area contributed by atoms with E-state index < -0.39 is 0 Å². The predicted octanol–water partition coefficient (Wildman–Crippen LogP) is 1.02. The van der Waals surface area contributed by atoms with Crippen LogP contribution in [-0.2, 0) is 6.42 Å². The van der Waals surface area contributed by atoms with E-state index in [2.05, 4.69) is 21.6 Å². The second kappa shape index (κ2) is 4.33. The molecule has 0 atom stereocenters. The predicted molar refractivity (Wildman–Crippen MR) is 51.3 cm³/mol. The van der Waals surface area contributed by atoms with Gasteiger partial charge in [-0.2, -0.15) is 10.2 Å². The third-order valence-corrected chi connectivity index (χ3v) is 2.58. The summed E-state index contributed by atoms with van der Waals surface area (Å²) in [6.07, 6.45) is 5.37. The molecule has 1 aliphatic heterocycles. The normalized spacial score (nSPS) is 18.8. The second-order valence-corrected chi connectivity index (χ2v) is 3.61. The van der Waals surface area contributed by atoms with Crippen LogP contribution in [-0.4, -0.2) is 23.3 Å². The summed E-state index contributed by atoms with van der Waals surface area (Å²) in [5.41, 5.74) is 1.13. The minimum Gasteiger partial charge on any atom is -0.317 e. The van der Waals surface area contributed by atoms with Gasteiger partial charge in [-0.3, -0.25) is 0 Å². The summed E-state index contributed by atoms with van der Waals surface area (Å²) in [6, 6.07) is 4.03. The molecule has 2 heterocycles. The molecule has 0 saturated carbocycles. The highest BCUT2D eigenvalue weighted by atomic mass is 15.1. The van der Waals surface area contributed by atoms with Gasteiger partial charge in [-0.05, 0) is 50.4 Å². The SMILES string of the molecule is c1cnnc(CC2CCNCC2)c1. The number of hydrogen-bond acceptors (Lipinski definition) is 3. The molecule has 70 valence electrons. The molecule has 1 aromatic rings. The minimum absolute atomic E-state index is 0.804. The third kappa shape index (κ3) is 2.49. The van der Waals surface area contributed by atoms with Crippen molar-refractivity contribution in [1.82, 2.24) is 15.5 Å². The van der Waals surface area contributed by atoms with Crippen LogP contribution in [0.3, 0.4) is 0 Å². The Hall–Kier alpha value is -0.960. The standard InChI is InChI=1S/C10H15N3/c1-2-10(13-12-5-1)8-9-3-6-11-7-4-9/h1-2,5,9,11H,3-4,6-8H2. The Morgan fingerprint density at radius 3 is 2.92 bits per heavy atom. The van der Waals surface area contributed by atoms with Gasteiger partial charge < -0.3 is 5.32 Å². The number of nitrogens with zero attached hydrogens (tertiary/aromatic N) is 2. The molecule has 3 nitrogen and oxygen atoms in total. The molecule has 1 aliphatic rings. The number of rotatable bonds is 2. The summed E-state index contributed by atoms with van der Waals surface area (Å²) in [6.45, 7) is 2.32. The van der Waals surface area contributed by atoms with E-state index in [9.17, 15) is 0 Å². The summed E-state index contributed by atoms with van der Waals surface area (Å²) >= 11 is 0. The van der Waals surface area contributed by atoms with Gasteiger partial charge in [0.2, 0.25) is 0 Å². The fraction of sp³-hybridized carbons (Fsp3) is 0.600. The molecule has 0 spiro atoms. The van der Waals surface area contributed by atoms with Crippen molar-refractivity contribution in [2.24, 2.45) is 5.92 Å². The van der Waals surface area contributed by atoms with E-state index in [1.807, 2.05) is 6.07 Å². The lowest BCUT2D eigenvalue weighted by Gasteiger charge is -2.21. The van der Waals surface area contributed by atoms with Crippen molar-refractivity contribution >= 4 is 0 Å². The van der Waals surface area contributed by atoms with Gasteiger partial charge in [0, 0.05) is 6.20 Å². The molecule has 0 radical (unpaired) electrons. The maximum absolute atomic E-state index is 4.10. The minimum atomic E-state index is 0.804. The van der Waals surface area contributed by atoms with E-state index in [1.165, 1.54) is 12.8 Å². The van der Waals surface area contributed by atoms with Crippen LogP contribution in [0, 0.1) is 5.92 Å². The number of nitrogens with one attached hydrogen (secondary N) is 1. The van der Waals surface area contributed by atoms with Crippen LogP contribution in [0.2, 0.25) is 0 Å². The molecular weight excluding hydrogens is 162 g/mol. The Bertz CT molecular complexity index is 242. The summed E-state index contributed by atoms with van der Waals surface area (Å²) in [4.78, 5) is 0. The largest absolute Gasteiger partial charge is 0.317 e. The van der Waals surface area contributed by atoms with Crippen LogP contribution < -0.4 is 5.32 Å². The molecule has 0 aliphatic carbocycles. The lowest BCUT2D eigenvalue weighted by atomic mass is 9.93. The Morgan fingerprint density at radius 1 is 1.38 bits per heavy atom. The van der Waals surface area contributed by atoms with Gasteiger partial charge in [0.1, 0.15) is 0 Å². The summed E-state index contributed by atoms with van der Waals surface area (Å²) in [5, 5.41) is 11.4. The van der Waals surface area contributed by atoms with Crippen molar-refractivity contribution in [2.75, 3.05) is 13.1 Å². The third-order valence-electron chi connectivity index (χ3n) is 2.58. The molecule has 1 fully saturated rings. The van der Waals surface area contributed by atoms with Crippen molar-refractivity contribution in [3.8, 4) is 0 Å². The van der Waals surface area contributed by atoms with Crippen LogP contribution in [0.1, 0.15) is 18.5 Å². The Kier molecular flexibility index (Phi) is 2.87. The zero-order valence-corrected chi connectivity index (χ0v) is 7.74. The van der Waals surface area contributed by atoms with E-state index in [-0.39, 0.29) is 0 Å². The quantitative estimate of drug-likeness (QED) is 0.733. The van der Waals surface area contributed by atoms with E-state index in [0.29, 0.717) is 0 Å². The highest BCUT2D eigenvalue weighted by Crippen LogP contribution is 2.15. The lowest BCUT2D eigenvalue weighted by molar-refractivity contribution is 0.369. The first-order valence-electron chi connectivity index (χ1n) is 4.92. The average Bonchev–Trinajstić information content (AvgIpc) is 2.21. The second-order valence-electron chi connectivity index (χ2n) is 3.61. The van der Waals surface area contributed by atoms with Crippen LogP contribution in [0.15, 0.2) is 18.3 Å². The average molecular weight is 177 g/mol. The highest BCUT2D eigenvalue weighted by Gasteiger charge is 2.13. The Balaban J connectivity index is 1.90. The molecular formula is C10H15N3. The van der Waals surface area contributed by atoms with Crippen molar-refractivity contribution in [3.63, 3.8) is 0 Å². The fourth-order valence-electron chi connectivity index (χ4n) is 1.82. The van der Waals surface area contributed by atoms with Crippen molar-refractivity contribution < 1.29 is 0 Å². The smallest absolute Gasteiger partial charge is 0.0633 e. The molecule has 0 aromatic carbocycles. The van der Waals surface area contributed by atoms with Gasteiger partial charge in [-0.25, -0.2) is 0 Å². The van der Waals surface area contributed by atoms with Crippen LogP contribution in [0.4, 0.5) is 0 Å². The van der Waals surface area contributed by atoms with Gasteiger partial charge in [-0.1, -0.05) is 0 Å². The first-order valence-corrected chi connectivity index (χ1v) is 4.92. The molecule has 0 amide bonds. The fourth-order valence-corrected chi connectivity index (χ4v) is 1.82. The monoisotopic (exact) mass is 177 g/mol. The van der Waals surface area contributed by atoms with Gasteiger partial charge in [-0.15, -0.1) is 0 Å². The highest BCUT2D eigenvalue weighted by molar-refractivity contribution is 5.00. The first-order chi connectivity index (χ1) is 6.45. The molecule has 1 saturated heterocycles. The van der Waals surface area contributed by atoms with Gasteiger partial charge in [0.05, 0.1) is 5.69 Å². The van der Waals surface area contributed by atoms with Crippen molar-refractivity contribution in [3.05, 3.63) is 24.0 Å². The number of aromatic nitrogens is 2. The molecule has 2 rings (SSSR count).